The van der Waals surface area contributed by atoms with E-state index in [9.17, 15) is 5.11 Å². The van der Waals surface area contributed by atoms with Gasteiger partial charge in [-0.15, -0.1) is 0 Å². The summed E-state index contributed by atoms with van der Waals surface area (Å²) in [6, 6.07) is 11.5. The number of nitrogens with one attached hydrogen (secondary N) is 1. The third-order valence-electron chi connectivity index (χ3n) is 3.96. The topological polar surface area (TPSA) is 35.5 Å². The van der Waals surface area contributed by atoms with Gasteiger partial charge in [0.05, 0.1) is 0 Å². The fourth-order valence-electron chi connectivity index (χ4n) is 3.06. The van der Waals surface area contributed by atoms with Gasteiger partial charge in [-0.3, -0.25) is 4.90 Å². The zero-order chi connectivity index (χ0) is 13.9. The fraction of sp³-hybridized carbons (Fsp3) is 0.625. The molecule has 0 bridgehead atoms. The van der Waals surface area contributed by atoms with Gasteiger partial charge in [0, 0.05) is 37.3 Å². The summed E-state index contributed by atoms with van der Waals surface area (Å²) < 4.78 is 0. The molecule has 2 N–H and O–H groups in total. The first kappa shape index (κ1) is 14.5. The lowest BCUT2D eigenvalue weighted by atomic mass is 9.94. The number of hydrogen-bond acceptors (Lipinski definition) is 3. The monoisotopic (exact) mass is 262 g/mol. The van der Waals surface area contributed by atoms with E-state index < -0.39 is 0 Å². The zero-order valence-electron chi connectivity index (χ0n) is 12.3. The maximum Gasteiger partial charge on any atom is 0.0446 e. The van der Waals surface area contributed by atoms with Crippen LogP contribution in [0.1, 0.15) is 38.8 Å². The maximum absolute atomic E-state index is 9.17. The van der Waals surface area contributed by atoms with E-state index in [2.05, 4.69) is 61.3 Å². The summed E-state index contributed by atoms with van der Waals surface area (Å²) in [6.45, 7) is 9.03. The first-order valence-electron chi connectivity index (χ1n) is 7.19. The Bertz CT molecular complexity index is 391. The largest absolute Gasteiger partial charge is 0.396 e. The molecular formula is C16H26N2O. The molecule has 2 atom stereocenters. The number of hydrogen-bond donors (Lipinski definition) is 2. The van der Waals surface area contributed by atoms with Crippen molar-refractivity contribution < 1.29 is 5.11 Å². The molecule has 3 nitrogen and oxygen atoms in total. The highest BCUT2D eigenvalue weighted by Gasteiger charge is 2.33. The van der Waals surface area contributed by atoms with Crippen molar-refractivity contribution in [1.82, 2.24) is 10.2 Å². The number of nitrogens with zero attached hydrogens (tertiary/aromatic N) is 1. The van der Waals surface area contributed by atoms with Crippen molar-refractivity contribution in [2.24, 2.45) is 0 Å². The molecule has 106 valence electrons. The normalized spacial score (nSPS) is 25.2. The van der Waals surface area contributed by atoms with Crippen LogP contribution in [0.15, 0.2) is 30.3 Å². The summed E-state index contributed by atoms with van der Waals surface area (Å²) in [5.74, 6) is 0. The van der Waals surface area contributed by atoms with Gasteiger partial charge in [0.1, 0.15) is 0 Å². The number of aliphatic hydroxyl groups excluding tert-OH is 1. The second kappa shape index (κ2) is 6.04. The van der Waals surface area contributed by atoms with Crippen molar-refractivity contribution in [1.29, 1.82) is 0 Å². The molecule has 0 aliphatic carbocycles. The van der Waals surface area contributed by atoms with Gasteiger partial charge in [-0.1, -0.05) is 30.3 Å². The Morgan fingerprint density at radius 1 is 1.37 bits per heavy atom. The molecule has 0 saturated carbocycles. The predicted octanol–water partition coefficient (Wildman–Crippen LogP) is 2.18. The highest BCUT2D eigenvalue weighted by Crippen LogP contribution is 2.26. The van der Waals surface area contributed by atoms with Crippen molar-refractivity contribution in [2.45, 2.75) is 44.8 Å². The minimum atomic E-state index is 0.0983. The molecule has 1 aliphatic heterocycles. The Kier molecular flexibility index (Phi) is 4.61. The Balaban J connectivity index is 2.10. The van der Waals surface area contributed by atoms with Crippen LogP contribution in [0, 0.1) is 0 Å². The first-order chi connectivity index (χ1) is 9.02. The summed E-state index contributed by atoms with van der Waals surface area (Å²) in [5.41, 5.74) is 1.46. The van der Waals surface area contributed by atoms with Crippen molar-refractivity contribution in [3.8, 4) is 0 Å². The van der Waals surface area contributed by atoms with Crippen LogP contribution in [0.25, 0.3) is 0 Å². The Morgan fingerprint density at radius 3 is 2.68 bits per heavy atom. The lowest BCUT2D eigenvalue weighted by Gasteiger charge is -2.46. The molecule has 2 unspecified atom stereocenters. The van der Waals surface area contributed by atoms with Crippen LogP contribution < -0.4 is 5.32 Å². The first-order valence-corrected chi connectivity index (χ1v) is 7.19. The summed E-state index contributed by atoms with van der Waals surface area (Å²) in [5, 5.41) is 12.8. The average Bonchev–Trinajstić information content (AvgIpc) is 2.37. The summed E-state index contributed by atoms with van der Waals surface area (Å²) in [6.07, 6.45) is 0.821. The SMILES string of the molecule is CC(c1ccccc1)N1CC(CCO)NC(C)(C)C1. The predicted molar refractivity (Wildman–Crippen MR) is 79.1 cm³/mol. The van der Waals surface area contributed by atoms with Gasteiger partial charge in [-0.05, 0) is 32.8 Å². The number of piperazine rings is 1. The Labute approximate surface area is 116 Å². The molecule has 1 saturated heterocycles. The van der Waals surface area contributed by atoms with E-state index in [0.29, 0.717) is 12.1 Å². The van der Waals surface area contributed by atoms with E-state index in [4.69, 9.17) is 0 Å². The van der Waals surface area contributed by atoms with Crippen molar-refractivity contribution in [2.75, 3.05) is 19.7 Å². The van der Waals surface area contributed by atoms with Crippen LogP contribution >= 0.6 is 0 Å². The van der Waals surface area contributed by atoms with Crippen molar-refractivity contribution in [3.63, 3.8) is 0 Å². The minimum Gasteiger partial charge on any atom is -0.396 e. The Morgan fingerprint density at radius 2 is 2.05 bits per heavy atom. The second-order valence-electron chi connectivity index (χ2n) is 6.25. The number of benzene rings is 1. The molecule has 0 radical (unpaired) electrons. The summed E-state index contributed by atoms with van der Waals surface area (Å²) in [7, 11) is 0. The Hall–Kier alpha value is -0.900. The van der Waals surface area contributed by atoms with Gasteiger partial charge < -0.3 is 10.4 Å². The fourth-order valence-corrected chi connectivity index (χ4v) is 3.06. The molecule has 3 heteroatoms. The van der Waals surface area contributed by atoms with Gasteiger partial charge in [-0.2, -0.15) is 0 Å². The molecule has 1 fully saturated rings. The maximum atomic E-state index is 9.17. The van der Waals surface area contributed by atoms with Gasteiger partial charge in [-0.25, -0.2) is 0 Å². The molecule has 2 rings (SSSR count). The van der Waals surface area contributed by atoms with Crippen LogP contribution in [-0.4, -0.2) is 41.3 Å². The van der Waals surface area contributed by atoms with E-state index in [1.807, 2.05) is 0 Å². The molecule has 1 aliphatic rings. The standard InChI is InChI=1S/C16H26N2O/c1-13(14-7-5-4-6-8-14)18-11-15(9-10-19)17-16(2,3)12-18/h4-8,13,15,17,19H,9-12H2,1-3H3. The smallest absolute Gasteiger partial charge is 0.0446 e. The third kappa shape index (κ3) is 3.78. The minimum absolute atomic E-state index is 0.0983. The lowest BCUT2D eigenvalue weighted by Crippen LogP contribution is -2.62. The van der Waals surface area contributed by atoms with Crippen molar-refractivity contribution >= 4 is 0 Å². The quantitative estimate of drug-likeness (QED) is 0.873. The van der Waals surface area contributed by atoms with Crippen LogP contribution in [0.5, 0.6) is 0 Å². The van der Waals surface area contributed by atoms with E-state index in [1.165, 1.54) is 5.56 Å². The van der Waals surface area contributed by atoms with Crippen molar-refractivity contribution in [3.05, 3.63) is 35.9 Å². The van der Waals surface area contributed by atoms with Gasteiger partial charge >= 0.3 is 0 Å². The molecule has 0 aromatic heterocycles. The summed E-state index contributed by atoms with van der Waals surface area (Å²) >= 11 is 0. The average molecular weight is 262 g/mol. The number of aliphatic hydroxyl groups is 1. The summed E-state index contributed by atoms with van der Waals surface area (Å²) in [4.78, 5) is 2.52. The molecule has 1 heterocycles. The van der Waals surface area contributed by atoms with E-state index in [1.54, 1.807) is 0 Å². The third-order valence-corrected chi connectivity index (χ3v) is 3.96. The molecule has 19 heavy (non-hydrogen) atoms. The molecule has 1 aromatic rings. The molecule has 0 spiro atoms. The molecular weight excluding hydrogens is 236 g/mol. The van der Waals surface area contributed by atoms with Crippen LogP contribution in [-0.2, 0) is 0 Å². The van der Waals surface area contributed by atoms with Gasteiger partial charge in [0.25, 0.3) is 0 Å². The van der Waals surface area contributed by atoms with Crippen LogP contribution in [0.4, 0.5) is 0 Å². The van der Waals surface area contributed by atoms with Crippen LogP contribution in [0.3, 0.4) is 0 Å². The van der Waals surface area contributed by atoms with E-state index >= 15 is 0 Å². The molecule has 1 aromatic carbocycles. The van der Waals surface area contributed by atoms with E-state index in [-0.39, 0.29) is 12.1 Å². The number of rotatable bonds is 4. The molecule has 0 amide bonds. The second-order valence-corrected chi connectivity index (χ2v) is 6.25. The van der Waals surface area contributed by atoms with Crippen LogP contribution in [0.2, 0.25) is 0 Å². The lowest BCUT2D eigenvalue weighted by molar-refractivity contribution is 0.0747. The van der Waals surface area contributed by atoms with E-state index in [0.717, 1.165) is 19.5 Å². The highest BCUT2D eigenvalue weighted by atomic mass is 16.3. The van der Waals surface area contributed by atoms with Gasteiger partial charge in [0.2, 0.25) is 0 Å². The highest BCUT2D eigenvalue weighted by molar-refractivity contribution is 5.19. The van der Waals surface area contributed by atoms with Gasteiger partial charge in [0.15, 0.2) is 0 Å². The zero-order valence-corrected chi connectivity index (χ0v) is 12.3.